The minimum absolute atomic E-state index is 0.250. The van der Waals surface area contributed by atoms with Gasteiger partial charge in [0, 0.05) is 0 Å². The van der Waals surface area contributed by atoms with E-state index in [1.165, 1.54) is 27.8 Å². The Morgan fingerprint density at radius 3 is 1.87 bits per heavy atom. The molecule has 2 heterocycles. The summed E-state index contributed by atoms with van der Waals surface area (Å²) in [7, 11) is 0. The van der Waals surface area contributed by atoms with Gasteiger partial charge in [-0.15, -0.1) is 0 Å². The number of benzene rings is 2. The minimum atomic E-state index is 0.250. The molecule has 4 atom stereocenters. The second kappa shape index (κ2) is 8.52. The van der Waals surface area contributed by atoms with Crippen LogP contribution in [0.3, 0.4) is 0 Å². The van der Waals surface area contributed by atoms with Crippen molar-refractivity contribution < 1.29 is 18.9 Å². The lowest BCUT2D eigenvalue weighted by atomic mass is 9.89. The van der Waals surface area contributed by atoms with E-state index in [0.717, 1.165) is 24.3 Å². The second-order valence-corrected chi connectivity index (χ2v) is 8.77. The summed E-state index contributed by atoms with van der Waals surface area (Å²) in [5.41, 5.74) is 6.44. The molecule has 0 aromatic heterocycles. The van der Waals surface area contributed by atoms with Crippen molar-refractivity contribution in [3.8, 4) is 11.5 Å². The summed E-state index contributed by atoms with van der Waals surface area (Å²) in [6.45, 7) is 7.52. The number of hydrogen-bond acceptors (Lipinski definition) is 4. The van der Waals surface area contributed by atoms with Crippen LogP contribution in [0.2, 0.25) is 0 Å². The maximum absolute atomic E-state index is 5.92. The number of aryl methyl sites for hydroxylation is 1. The highest BCUT2D eigenvalue weighted by Gasteiger charge is 2.35. The Balaban J connectivity index is 1.21. The van der Waals surface area contributed by atoms with Gasteiger partial charge in [0.05, 0.1) is 12.2 Å². The van der Waals surface area contributed by atoms with Gasteiger partial charge >= 0.3 is 0 Å². The van der Waals surface area contributed by atoms with Crippen molar-refractivity contribution in [3.05, 3.63) is 71.3 Å². The van der Waals surface area contributed by atoms with Gasteiger partial charge in [-0.2, -0.15) is 0 Å². The van der Waals surface area contributed by atoms with E-state index >= 15 is 0 Å². The van der Waals surface area contributed by atoms with Crippen LogP contribution in [0.4, 0.5) is 0 Å². The highest BCUT2D eigenvalue weighted by molar-refractivity contribution is 5.78. The average molecular weight is 419 g/mol. The van der Waals surface area contributed by atoms with Gasteiger partial charge in [-0.25, -0.2) is 0 Å². The predicted molar refractivity (Wildman–Crippen MR) is 122 cm³/mol. The van der Waals surface area contributed by atoms with Crippen LogP contribution < -0.4 is 9.47 Å². The van der Waals surface area contributed by atoms with E-state index in [1.807, 2.05) is 0 Å². The van der Waals surface area contributed by atoms with Crippen LogP contribution in [0.1, 0.15) is 43.4 Å². The van der Waals surface area contributed by atoms with Crippen LogP contribution in [0.25, 0.3) is 11.1 Å². The Kier molecular flexibility index (Phi) is 5.59. The monoisotopic (exact) mass is 418 g/mol. The smallest absolute Gasteiger partial charge is 0.122 e. The molecule has 0 radical (unpaired) electrons. The molecule has 2 fully saturated rings. The van der Waals surface area contributed by atoms with Crippen LogP contribution in [-0.4, -0.2) is 37.6 Å². The first-order valence-corrected chi connectivity index (χ1v) is 11.2. The Bertz CT molecular complexity index is 1000. The molecule has 2 aromatic carbocycles. The molecule has 2 aromatic rings. The number of epoxide rings is 2. The number of hydrogen-bond donors (Lipinski definition) is 0. The normalized spacial score (nSPS) is 26.7. The SMILES string of the molecule is Cc1cc(C2=CC=C(c3ccc(OCC4OC4C)cc3)CC2)ccc1OCC1OC1C. The van der Waals surface area contributed by atoms with E-state index in [9.17, 15) is 0 Å². The number of ether oxygens (including phenoxy) is 4. The van der Waals surface area contributed by atoms with Crippen molar-refractivity contribution >= 4 is 11.1 Å². The first kappa shape index (κ1) is 20.3. The van der Waals surface area contributed by atoms with Gasteiger partial charge in [-0.1, -0.05) is 30.4 Å². The Labute approximate surface area is 184 Å². The fourth-order valence-electron chi connectivity index (χ4n) is 4.06. The minimum Gasteiger partial charge on any atom is -0.491 e. The third-order valence-corrected chi connectivity index (χ3v) is 6.41. The van der Waals surface area contributed by atoms with Crippen molar-refractivity contribution in [1.29, 1.82) is 0 Å². The molecule has 0 spiro atoms. The van der Waals surface area contributed by atoms with Crippen molar-refractivity contribution in [2.45, 2.75) is 58.0 Å². The third kappa shape index (κ3) is 4.86. The first-order valence-electron chi connectivity index (χ1n) is 11.2. The predicted octanol–water partition coefficient (Wildman–Crippen LogP) is 5.59. The van der Waals surface area contributed by atoms with Crippen LogP contribution in [-0.2, 0) is 9.47 Å². The van der Waals surface area contributed by atoms with E-state index in [2.05, 4.69) is 75.4 Å². The molecule has 31 heavy (non-hydrogen) atoms. The molecule has 4 heteroatoms. The lowest BCUT2D eigenvalue weighted by Crippen LogP contribution is -2.07. The molecule has 2 saturated heterocycles. The van der Waals surface area contributed by atoms with E-state index in [4.69, 9.17) is 18.9 Å². The summed E-state index contributed by atoms with van der Waals surface area (Å²) >= 11 is 0. The fourth-order valence-corrected chi connectivity index (χ4v) is 4.06. The molecule has 0 saturated carbocycles. The van der Waals surface area contributed by atoms with E-state index in [-0.39, 0.29) is 12.2 Å². The van der Waals surface area contributed by atoms with E-state index < -0.39 is 0 Å². The van der Waals surface area contributed by atoms with Gasteiger partial charge in [0.2, 0.25) is 0 Å². The maximum Gasteiger partial charge on any atom is 0.122 e. The van der Waals surface area contributed by atoms with Gasteiger partial charge in [-0.05, 0) is 85.7 Å². The number of allylic oxidation sites excluding steroid dienone is 4. The zero-order valence-electron chi connectivity index (χ0n) is 18.5. The third-order valence-electron chi connectivity index (χ3n) is 6.41. The molecule has 5 rings (SSSR count). The Morgan fingerprint density at radius 2 is 1.32 bits per heavy atom. The standard InChI is InChI=1S/C27H30O4/c1-17-14-23(10-13-25(17)29-16-27-19(3)31-27)22-6-4-20(5-7-22)21-8-11-24(12-9-21)28-15-26-18(2)30-26/h4,6,8-14,18-19,26-27H,5,7,15-16H2,1-3H3. The molecule has 0 bridgehead atoms. The van der Waals surface area contributed by atoms with Gasteiger partial charge in [0.1, 0.15) is 36.9 Å². The van der Waals surface area contributed by atoms with Crippen LogP contribution in [0, 0.1) is 6.92 Å². The fraction of sp³-hybridized carbons (Fsp3) is 0.407. The van der Waals surface area contributed by atoms with Crippen LogP contribution in [0.15, 0.2) is 54.6 Å². The molecular formula is C27H30O4. The Hall–Kier alpha value is -2.56. The topological polar surface area (TPSA) is 43.5 Å². The highest BCUT2D eigenvalue weighted by Crippen LogP contribution is 2.34. The summed E-state index contributed by atoms with van der Waals surface area (Å²) in [5.74, 6) is 1.85. The first-order chi connectivity index (χ1) is 15.1. The highest BCUT2D eigenvalue weighted by atomic mass is 16.6. The van der Waals surface area contributed by atoms with Gasteiger partial charge < -0.3 is 18.9 Å². The zero-order valence-corrected chi connectivity index (χ0v) is 18.5. The van der Waals surface area contributed by atoms with Crippen molar-refractivity contribution in [2.24, 2.45) is 0 Å². The summed E-state index contributed by atoms with van der Waals surface area (Å²) in [4.78, 5) is 0. The molecule has 162 valence electrons. The van der Waals surface area contributed by atoms with Gasteiger partial charge in [0.25, 0.3) is 0 Å². The Morgan fingerprint density at radius 1 is 0.774 bits per heavy atom. The molecule has 0 amide bonds. The molecular weight excluding hydrogens is 388 g/mol. The maximum atomic E-state index is 5.92. The lowest BCUT2D eigenvalue weighted by Gasteiger charge is -2.17. The van der Waals surface area contributed by atoms with Crippen molar-refractivity contribution in [1.82, 2.24) is 0 Å². The molecule has 2 aliphatic heterocycles. The van der Waals surface area contributed by atoms with Crippen molar-refractivity contribution in [2.75, 3.05) is 13.2 Å². The molecule has 4 unspecified atom stereocenters. The van der Waals surface area contributed by atoms with Crippen molar-refractivity contribution in [3.63, 3.8) is 0 Å². The molecule has 3 aliphatic rings. The summed E-state index contributed by atoms with van der Waals surface area (Å²) in [6.07, 6.45) is 7.75. The second-order valence-electron chi connectivity index (χ2n) is 8.77. The van der Waals surface area contributed by atoms with E-state index in [0.29, 0.717) is 25.4 Å². The summed E-state index contributed by atoms with van der Waals surface area (Å²) in [5, 5.41) is 0. The molecule has 0 N–H and O–H groups in total. The lowest BCUT2D eigenvalue weighted by molar-refractivity contribution is 0.259. The van der Waals surface area contributed by atoms with E-state index in [1.54, 1.807) is 0 Å². The summed E-state index contributed by atoms with van der Waals surface area (Å²) in [6, 6.07) is 14.9. The molecule has 4 nitrogen and oxygen atoms in total. The molecule has 1 aliphatic carbocycles. The zero-order chi connectivity index (χ0) is 21.4. The largest absolute Gasteiger partial charge is 0.491 e. The number of rotatable bonds is 8. The van der Waals surface area contributed by atoms with Crippen LogP contribution >= 0.6 is 0 Å². The quantitative estimate of drug-likeness (QED) is 0.524. The van der Waals surface area contributed by atoms with Gasteiger partial charge in [0.15, 0.2) is 0 Å². The summed E-state index contributed by atoms with van der Waals surface area (Å²) < 4.78 is 22.5. The van der Waals surface area contributed by atoms with Crippen LogP contribution in [0.5, 0.6) is 11.5 Å². The van der Waals surface area contributed by atoms with Gasteiger partial charge in [-0.3, -0.25) is 0 Å². The average Bonchev–Trinajstić information content (AvgIpc) is 3.70.